The molecule has 0 radical (unpaired) electrons. The molecule has 2 aromatic rings. The van der Waals surface area contributed by atoms with Crippen molar-refractivity contribution in [2.45, 2.75) is 6.92 Å². The average Bonchev–Trinajstić information content (AvgIpc) is 2.46. The second-order valence-corrected chi connectivity index (χ2v) is 5.97. The third-order valence-electron chi connectivity index (χ3n) is 2.52. The van der Waals surface area contributed by atoms with Crippen molar-refractivity contribution in [1.82, 2.24) is 14.9 Å². The number of phenolic OH excluding ortho intramolecular Hbond substituents is 2. The molecule has 10 heteroatoms. The zero-order valence-corrected chi connectivity index (χ0v) is 14.5. The maximum Gasteiger partial charge on any atom is 0.296 e. The summed E-state index contributed by atoms with van der Waals surface area (Å²) < 4.78 is 1.45. The molecule has 1 heterocycles. The van der Waals surface area contributed by atoms with Crippen LogP contribution in [0, 0.1) is 11.7 Å². The van der Waals surface area contributed by atoms with E-state index in [-0.39, 0.29) is 32.0 Å². The minimum atomic E-state index is -0.466. The van der Waals surface area contributed by atoms with Crippen molar-refractivity contribution >= 4 is 50.3 Å². The Hall–Kier alpha value is -1.52. The van der Waals surface area contributed by atoms with Gasteiger partial charge in [0.1, 0.15) is 21.7 Å². The van der Waals surface area contributed by atoms with Crippen molar-refractivity contribution < 1.29 is 10.2 Å². The lowest BCUT2D eigenvalue weighted by Crippen LogP contribution is -2.22. The Kier molecular flexibility index (Phi) is 4.59. The van der Waals surface area contributed by atoms with Crippen molar-refractivity contribution in [2.24, 2.45) is 5.10 Å². The molecule has 3 N–H and O–H groups in total. The lowest BCUT2D eigenvalue weighted by molar-refractivity contribution is 0.441. The summed E-state index contributed by atoms with van der Waals surface area (Å²) in [6.45, 7) is 1.52. The van der Waals surface area contributed by atoms with Crippen LogP contribution in [0.1, 0.15) is 11.3 Å². The van der Waals surface area contributed by atoms with E-state index in [9.17, 15) is 15.0 Å². The highest BCUT2D eigenvalue weighted by molar-refractivity contribution is 9.11. The van der Waals surface area contributed by atoms with Crippen molar-refractivity contribution in [2.75, 3.05) is 0 Å². The second-order valence-electron chi connectivity index (χ2n) is 3.93. The Bertz CT molecular complexity index is 860. The number of halogens is 2. The van der Waals surface area contributed by atoms with Crippen LogP contribution < -0.4 is 5.56 Å². The van der Waals surface area contributed by atoms with Gasteiger partial charge in [-0.25, -0.2) is 0 Å². The number of nitrogens with one attached hydrogen (secondary N) is 1. The summed E-state index contributed by atoms with van der Waals surface area (Å²) in [5.74, 6) is -0.355. The first-order valence-electron chi connectivity index (χ1n) is 5.45. The highest BCUT2D eigenvalue weighted by atomic mass is 79.9. The third kappa shape index (κ3) is 3.06. The minimum Gasteiger partial charge on any atom is -0.506 e. The molecule has 0 unspecified atom stereocenters. The summed E-state index contributed by atoms with van der Waals surface area (Å²) >= 11 is 11.1. The fourth-order valence-corrected chi connectivity index (χ4v) is 2.74. The smallest absolute Gasteiger partial charge is 0.296 e. The molecular formula is C11H8Br2N4O3S. The Morgan fingerprint density at radius 3 is 2.76 bits per heavy atom. The molecule has 0 spiro atoms. The standard InChI is InChI=1S/C11H8Br2N4O3S/c1-4-10(20)17(11(21)16-15-4)14-3-5-2-6(12)9(19)7(13)8(5)18/h2-3,18-19H,1H3,(H,16,21)/b14-3+. The van der Waals surface area contributed by atoms with E-state index in [0.29, 0.717) is 4.47 Å². The highest BCUT2D eigenvalue weighted by Gasteiger charge is 2.13. The van der Waals surface area contributed by atoms with Gasteiger partial charge in [0, 0.05) is 5.56 Å². The van der Waals surface area contributed by atoms with E-state index in [4.69, 9.17) is 12.2 Å². The molecule has 0 bridgehead atoms. The van der Waals surface area contributed by atoms with Gasteiger partial charge in [-0.1, -0.05) is 0 Å². The molecule has 1 aromatic heterocycles. The molecule has 0 aliphatic heterocycles. The van der Waals surface area contributed by atoms with Gasteiger partial charge in [-0.2, -0.15) is 14.9 Å². The number of nitrogens with zero attached hydrogens (tertiary/aromatic N) is 3. The SMILES string of the molecule is Cc1n[nH]c(=S)n(/N=C/c2cc(Br)c(O)c(Br)c2O)c1=O. The monoisotopic (exact) mass is 434 g/mol. The number of aromatic amines is 1. The van der Waals surface area contributed by atoms with Gasteiger partial charge in [0.2, 0.25) is 4.77 Å². The van der Waals surface area contributed by atoms with Crippen LogP contribution >= 0.6 is 44.1 Å². The maximum atomic E-state index is 11.9. The normalized spacial score (nSPS) is 11.2. The Morgan fingerprint density at radius 1 is 1.43 bits per heavy atom. The van der Waals surface area contributed by atoms with Crippen LogP contribution in [0.4, 0.5) is 0 Å². The van der Waals surface area contributed by atoms with Crippen molar-refractivity contribution in [3.63, 3.8) is 0 Å². The quantitative estimate of drug-likeness (QED) is 0.496. The van der Waals surface area contributed by atoms with Crippen LogP contribution in [0.2, 0.25) is 0 Å². The van der Waals surface area contributed by atoms with Gasteiger partial charge in [0.05, 0.1) is 10.7 Å². The van der Waals surface area contributed by atoms with E-state index < -0.39 is 5.56 Å². The molecule has 0 aliphatic rings. The Balaban J connectivity index is 2.56. The zero-order valence-electron chi connectivity index (χ0n) is 10.5. The molecule has 7 nitrogen and oxygen atoms in total. The fourth-order valence-electron chi connectivity index (χ4n) is 1.41. The molecule has 0 aliphatic carbocycles. The van der Waals surface area contributed by atoms with Crippen LogP contribution in [0.15, 0.2) is 24.9 Å². The van der Waals surface area contributed by atoms with Gasteiger partial charge < -0.3 is 10.2 Å². The van der Waals surface area contributed by atoms with Crippen molar-refractivity contribution in [3.8, 4) is 11.5 Å². The lowest BCUT2D eigenvalue weighted by Gasteiger charge is -2.06. The second kappa shape index (κ2) is 6.08. The summed E-state index contributed by atoms with van der Waals surface area (Å²) in [5.41, 5.74) is 0.0201. The van der Waals surface area contributed by atoms with E-state index in [2.05, 4.69) is 47.2 Å². The summed E-state index contributed by atoms with van der Waals surface area (Å²) in [5, 5.41) is 29.7. The maximum absolute atomic E-state index is 11.9. The molecule has 0 atom stereocenters. The zero-order chi connectivity index (χ0) is 15.7. The van der Waals surface area contributed by atoms with Gasteiger partial charge >= 0.3 is 0 Å². The van der Waals surface area contributed by atoms with E-state index in [1.165, 1.54) is 19.2 Å². The molecular weight excluding hydrogens is 428 g/mol. The summed E-state index contributed by atoms with van der Waals surface area (Å²) in [6.07, 6.45) is 1.24. The summed E-state index contributed by atoms with van der Waals surface area (Å²) in [7, 11) is 0. The van der Waals surface area contributed by atoms with Gasteiger partial charge in [-0.15, -0.1) is 0 Å². The number of phenols is 2. The number of benzene rings is 1. The van der Waals surface area contributed by atoms with Crippen LogP contribution in [0.3, 0.4) is 0 Å². The molecule has 2 rings (SSSR count). The van der Waals surface area contributed by atoms with Crippen LogP contribution in [0.5, 0.6) is 11.5 Å². The number of H-pyrrole nitrogens is 1. The van der Waals surface area contributed by atoms with Crippen molar-refractivity contribution in [1.29, 1.82) is 0 Å². The molecule has 21 heavy (non-hydrogen) atoms. The van der Waals surface area contributed by atoms with Crippen LogP contribution in [-0.4, -0.2) is 31.3 Å². The minimum absolute atomic E-state index is 0.0262. The fraction of sp³-hybridized carbons (Fsp3) is 0.0909. The molecule has 1 aromatic carbocycles. The molecule has 0 amide bonds. The third-order valence-corrected chi connectivity index (χ3v) is 4.14. The Labute approximate surface area is 140 Å². The van der Waals surface area contributed by atoms with E-state index in [1.54, 1.807) is 0 Å². The molecule has 110 valence electrons. The van der Waals surface area contributed by atoms with E-state index in [0.717, 1.165) is 4.68 Å². The van der Waals surface area contributed by atoms with E-state index in [1.807, 2.05) is 0 Å². The number of hydrogen-bond acceptors (Lipinski definition) is 6. The molecule has 0 saturated heterocycles. The number of aromatic hydroxyl groups is 2. The van der Waals surface area contributed by atoms with Crippen molar-refractivity contribution in [3.05, 3.63) is 41.4 Å². The first kappa shape index (κ1) is 15.9. The Morgan fingerprint density at radius 2 is 2.10 bits per heavy atom. The number of aryl methyl sites for hydroxylation is 1. The molecule has 0 saturated carbocycles. The summed E-state index contributed by atoms with van der Waals surface area (Å²) in [6, 6.07) is 1.45. The van der Waals surface area contributed by atoms with Gasteiger partial charge in [0.15, 0.2) is 0 Å². The molecule has 0 fully saturated rings. The highest BCUT2D eigenvalue weighted by Crippen LogP contribution is 2.40. The van der Waals surface area contributed by atoms with Gasteiger partial charge in [-0.05, 0) is 57.1 Å². The largest absolute Gasteiger partial charge is 0.506 e. The summed E-state index contributed by atoms with van der Waals surface area (Å²) in [4.78, 5) is 11.9. The lowest BCUT2D eigenvalue weighted by atomic mass is 10.2. The number of rotatable bonds is 2. The first-order valence-corrected chi connectivity index (χ1v) is 7.45. The average molecular weight is 436 g/mol. The predicted octanol–water partition coefficient (Wildman–Crippen LogP) is 2.43. The van der Waals surface area contributed by atoms with Crippen LogP contribution in [-0.2, 0) is 0 Å². The predicted molar refractivity (Wildman–Crippen MR) is 86.6 cm³/mol. The number of hydrogen-bond donors (Lipinski definition) is 3. The topological polar surface area (TPSA) is 104 Å². The van der Waals surface area contributed by atoms with Gasteiger partial charge in [0.25, 0.3) is 5.56 Å². The first-order chi connectivity index (χ1) is 9.82. The van der Waals surface area contributed by atoms with Crippen LogP contribution in [0.25, 0.3) is 0 Å². The van der Waals surface area contributed by atoms with E-state index >= 15 is 0 Å². The van der Waals surface area contributed by atoms with Gasteiger partial charge in [-0.3, -0.25) is 9.89 Å². The number of aromatic nitrogens is 3.